The summed E-state index contributed by atoms with van der Waals surface area (Å²) in [7, 11) is 1.73. The van der Waals surface area contributed by atoms with Gasteiger partial charge in [-0.25, -0.2) is 4.39 Å². The molecular weight excluding hydrogens is 231 g/mol. The van der Waals surface area contributed by atoms with Gasteiger partial charge in [-0.2, -0.15) is 5.26 Å². The molecule has 1 aliphatic rings. The third kappa shape index (κ3) is 2.87. The van der Waals surface area contributed by atoms with Crippen molar-refractivity contribution in [3.05, 3.63) is 35.1 Å². The summed E-state index contributed by atoms with van der Waals surface area (Å²) in [5, 5.41) is 12.2. The molecule has 1 aromatic rings. The molecule has 1 fully saturated rings. The van der Waals surface area contributed by atoms with Gasteiger partial charge in [-0.3, -0.25) is 0 Å². The lowest BCUT2D eigenvalue weighted by Crippen LogP contribution is -2.36. The van der Waals surface area contributed by atoms with Crippen LogP contribution in [0.2, 0.25) is 0 Å². The number of methoxy groups -OCH3 is 1. The molecule has 0 amide bonds. The van der Waals surface area contributed by atoms with Crippen LogP contribution in [-0.4, -0.2) is 19.3 Å². The fraction of sp³-hybridized carbons (Fsp3) is 0.500. The van der Waals surface area contributed by atoms with E-state index in [2.05, 4.69) is 5.32 Å². The van der Waals surface area contributed by atoms with Crippen LogP contribution < -0.4 is 5.32 Å². The highest BCUT2D eigenvalue weighted by Gasteiger charge is 2.26. The Kier molecular flexibility index (Phi) is 4.29. The topological polar surface area (TPSA) is 45.0 Å². The smallest absolute Gasteiger partial charge is 0.140 e. The zero-order valence-electron chi connectivity index (χ0n) is 10.4. The first kappa shape index (κ1) is 13.0. The van der Waals surface area contributed by atoms with Crippen LogP contribution in [0, 0.1) is 17.1 Å². The molecule has 2 atom stereocenters. The maximum atomic E-state index is 13.2. The quantitative estimate of drug-likeness (QED) is 0.889. The standard InChI is InChI=1S/C14H17FN2O/c1-18-14-4-2-3-13(14)17-9-10-5-6-12(15)11(7-10)8-16/h5-7,13-14,17H,2-4,9H2,1H3. The van der Waals surface area contributed by atoms with Gasteiger partial charge in [0, 0.05) is 19.7 Å². The highest BCUT2D eigenvalue weighted by atomic mass is 19.1. The number of hydrogen-bond donors (Lipinski definition) is 1. The molecule has 0 radical (unpaired) electrons. The first-order valence-corrected chi connectivity index (χ1v) is 6.19. The second kappa shape index (κ2) is 5.94. The van der Waals surface area contributed by atoms with E-state index < -0.39 is 5.82 Å². The minimum absolute atomic E-state index is 0.101. The molecule has 0 saturated heterocycles. The second-order valence-corrected chi connectivity index (χ2v) is 4.62. The Labute approximate surface area is 107 Å². The number of nitrogens with zero attached hydrogens (tertiary/aromatic N) is 1. The number of hydrogen-bond acceptors (Lipinski definition) is 3. The summed E-state index contributed by atoms with van der Waals surface area (Å²) in [4.78, 5) is 0. The molecule has 0 spiro atoms. The minimum Gasteiger partial charge on any atom is -0.380 e. The Morgan fingerprint density at radius 3 is 3.06 bits per heavy atom. The lowest BCUT2D eigenvalue weighted by atomic mass is 10.1. The van der Waals surface area contributed by atoms with E-state index in [-0.39, 0.29) is 11.7 Å². The van der Waals surface area contributed by atoms with Gasteiger partial charge in [-0.15, -0.1) is 0 Å². The summed E-state index contributed by atoms with van der Waals surface area (Å²) in [5.41, 5.74) is 1.03. The van der Waals surface area contributed by atoms with E-state index in [0.717, 1.165) is 18.4 Å². The fourth-order valence-electron chi connectivity index (χ4n) is 2.46. The van der Waals surface area contributed by atoms with Crippen LogP contribution in [-0.2, 0) is 11.3 Å². The summed E-state index contributed by atoms with van der Waals surface area (Å²) in [5.74, 6) is -0.461. The van der Waals surface area contributed by atoms with Gasteiger partial charge in [0.05, 0.1) is 11.7 Å². The Balaban J connectivity index is 1.96. The number of rotatable bonds is 4. The van der Waals surface area contributed by atoms with E-state index in [9.17, 15) is 4.39 Å². The van der Waals surface area contributed by atoms with Crippen molar-refractivity contribution in [3.8, 4) is 6.07 Å². The molecule has 0 aromatic heterocycles. The molecule has 2 rings (SSSR count). The Morgan fingerprint density at radius 2 is 2.33 bits per heavy atom. The highest BCUT2D eigenvalue weighted by molar-refractivity contribution is 5.34. The van der Waals surface area contributed by atoms with Crippen LogP contribution in [0.1, 0.15) is 30.4 Å². The van der Waals surface area contributed by atoms with Gasteiger partial charge in [0.2, 0.25) is 0 Å². The summed E-state index contributed by atoms with van der Waals surface area (Å²) in [6, 6.07) is 6.86. The van der Waals surface area contributed by atoms with Gasteiger partial charge in [0.15, 0.2) is 0 Å². The van der Waals surface area contributed by atoms with Crippen molar-refractivity contribution in [3.63, 3.8) is 0 Å². The predicted octanol–water partition coefficient (Wildman–Crippen LogP) is 2.35. The molecule has 1 saturated carbocycles. The molecule has 18 heavy (non-hydrogen) atoms. The Hall–Kier alpha value is -1.44. The molecule has 1 aliphatic carbocycles. The largest absolute Gasteiger partial charge is 0.380 e. The average Bonchev–Trinajstić information content (AvgIpc) is 2.85. The molecular formula is C14H17FN2O. The van der Waals surface area contributed by atoms with Gasteiger partial charge < -0.3 is 10.1 Å². The van der Waals surface area contributed by atoms with E-state index >= 15 is 0 Å². The van der Waals surface area contributed by atoms with Crippen LogP contribution >= 0.6 is 0 Å². The predicted molar refractivity (Wildman–Crippen MR) is 66.4 cm³/mol. The van der Waals surface area contributed by atoms with E-state index in [4.69, 9.17) is 10.00 Å². The average molecular weight is 248 g/mol. The number of nitrogens with one attached hydrogen (secondary N) is 1. The van der Waals surface area contributed by atoms with Gasteiger partial charge in [0.1, 0.15) is 11.9 Å². The van der Waals surface area contributed by atoms with Crippen molar-refractivity contribution in [2.75, 3.05) is 7.11 Å². The number of ether oxygens (including phenoxy) is 1. The molecule has 0 heterocycles. The van der Waals surface area contributed by atoms with Crippen LogP contribution in [0.15, 0.2) is 18.2 Å². The van der Waals surface area contributed by atoms with E-state index in [0.29, 0.717) is 12.6 Å². The van der Waals surface area contributed by atoms with Crippen LogP contribution in [0.25, 0.3) is 0 Å². The SMILES string of the molecule is COC1CCCC1NCc1ccc(F)c(C#N)c1. The van der Waals surface area contributed by atoms with E-state index in [1.165, 1.54) is 12.5 Å². The summed E-state index contributed by atoms with van der Waals surface area (Å²) >= 11 is 0. The fourth-order valence-corrected chi connectivity index (χ4v) is 2.46. The molecule has 96 valence electrons. The van der Waals surface area contributed by atoms with Crippen molar-refractivity contribution in [2.24, 2.45) is 0 Å². The number of nitriles is 1. The first-order valence-electron chi connectivity index (χ1n) is 6.19. The van der Waals surface area contributed by atoms with Crippen molar-refractivity contribution < 1.29 is 9.13 Å². The van der Waals surface area contributed by atoms with Crippen molar-refractivity contribution >= 4 is 0 Å². The van der Waals surface area contributed by atoms with Gasteiger partial charge in [-0.1, -0.05) is 6.07 Å². The molecule has 2 unspecified atom stereocenters. The van der Waals surface area contributed by atoms with E-state index in [1.807, 2.05) is 6.07 Å². The highest BCUT2D eigenvalue weighted by Crippen LogP contribution is 2.22. The van der Waals surface area contributed by atoms with Gasteiger partial charge >= 0.3 is 0 Å². The molecule has 0 bridgehead atoms. The minimum atomic E-state index is -0.461. The maximum Gasteiger partial charge on any atom is 0.140 e. The maximum absolute atomic E-state index is 13.2. The van der Waals surface area contributed by atoms with Crippen molar-refractivity contribution in [1.82, 2.24) is 5.32 Å². The molecule has 4 heteroatoms. The lowest BCUT2D eigenvalue weighted by molar-refractivity contribution is 0.0847. The molecule has 3 nitrogen and oxygen atoms in total. The third-order valence-corrected chi connectivity index (χ3v) is 3.47. The molecule has 1 N–H and O–H groups in total. The molecule has 1 aromatic carbocycles. The third-order valence-electron chi connectivity index (χ3n) is 3.47. The lowest BCUT2D eigenvalue weighted by Gasteiger charge is -2.19. The van der Waals surface area contributed by atoms with Crippen LogP contribution in [0.4, 0.5) is 4.39 Å². The molecule has 0 aliphatic heterocycles. The Bertz CT molecular complexity index is 456. The summed E-state index contributed by atoms with van der Waals surface area (Å²) < 4.78 is 18.6. The monoisotopic (exact) mass is 248 g/mol. The first-order chi connectivity index (χ1) is 8.74. The zero-order chi connectivity index (χ0) is 13.0. The number of halogens is 1. The zero-order valence-corrected chi connectivity index (χ0v) is 10.4. The van der Waals surface area contributed by atoms with Crippen molar-refractivity contribution in [2.45, 2.75) is 38.0 Å². The summed E-state index contributed by atoms with van der Waals surface area (Å²) in [6.45, 7) is 0.638. The van der Waals surface area contributed by atoms with Crippen LogP contribution in [0.3, 0.4) is 0 Å². The Morgan fingerprint density at radius 1 is 1.50 bits per heavy atom. The number of benzene rings is 1. The summed E-state index contributed by atoms with van der Waals surface area (Å²) in [6.07, 6.45) is 3.62. The van der Waals surface area contributed by atoms with Crippen LogP contribution in [0.5, 0.6) is 0 Å². The van der Waals surface area contributed by atoms with E-state index in [1.54, 1.807) is 19.2 Å². The van der Waals surface area contributed by atoms with Gasteiger partial charge in [-0.05, 0) is 37.0 Å². The second-order valence-electron chi connectivity index (χ2n) is 4.62. The van der Waals surface area contributed by atoms with Gasteiger partial charge in [0.25, 0.3) is 0 Å². The normalized spacial score (nSPS) is 22.9. The van der Waals surface area contributed by atoms with Crippen molar-refractivity contribution in [1.29, 1.82) is 5.26 Å².